The number of nitrogens with zero attached hydrogens (tertiary/aromatic N) is 2. The van der Waals surface area contributed by atoms with E-state index in [4.69, 9.17) is 11.6 Å². The van der Waals surface area contributed by atoms with Gasteiger partial charge in [0.1, 0.15) is 16.3 Å². The van der Waals surface area contributed by atoms with Crippen LogP contribution in [0.4, 0.5) is 0 Å². The summed E-state index contributed by atoms with van der Waals surface area (Å²) < 4.78 is 0. The van der Waals surface area contributed by atoms with Crippen LogP contribution in [0.15, 0.2) is 23.8 Å². The molecule has 0 amide bonds. The van der Waals surface area contributed by atoms with E-state index in [9.17, 15) is 0 Å². The van der Waals surface area contributed by atoms with Crippen molar-refractivity contribution < 1.29 is 32.7 Å². The fourth-order valence-electron chi connectivity index (χ4n) is 2.07. The van der Waals surface area contributed by atoms with Gasteiger partial charge in [-0.2, -0.15) is 29.3 Å². The van der Waals surface area contributed by atoms with Crippen molar-refractivity contribution in [2.75, 3.05) is 0 Å². The number of hydrogen-bond donors (Lipinski definition) is 0. The van der Waals surface area contributed by atoms with Crippen LogP contribution >= 0.6 is 22.9 Å². The zero-order chi connectivity index (χ0) is 12.7. The Morgan fingerprint density at radius 3 is 2.68 bits per heavy atom. The molecular weight excluding hydrogens is 353 g/mol. The molecule has 5 heteroatoms. The third-order valence-corrected chi connectivity index (χ3v) is 4.08. The van der Waals surface area contributed by atoms with Crippen molar-refractivity contribution >= 4 is 33.2 Å². The summed E-state index contributed by atoms with van der Waals surface area (Å²) in [6.45, 7) is 4.10. The fraction of sp³-hybridized carbons (Fsp3) is 0.143. The van der Waals surface area contributed by atoms with Crippen LogP contribution in [-0.2, 0) is 32.7 Å². The van der Waals surface area contributed by atoms with E-state index < -0.39 is 0 Å². The summed E-state index contributed by atoms with van der Waals surface area (Å²) in [6, 6.07) is 7.49. The Morgan fingerprint density at radius 1 is 1.16 bits per heavy atom. The van der Waals surface area contributed by atoms with Crippen molar-refractivity contribution in [2.24, 2.45) is 0 Å². The Hall–Kier alpha value is -0.346. The zero-order valence-corrected chi connectivity index (χ0v) is 15.0. The van der Waals surface area contributed by atoms with Gasteiger partial charge in [-0.05, 0) is 5.38 Å². The van der Waals surface area contributed by atoms with Gasteiger partial charge in [0.25, 0.3) is 0 Å². The molecule has 3 rings (SSSR count). The maximum absolute atomic E-state index is 6.18. The molecule has 2 nitrogen and oxygen atoms in total. The van der Waals surface area contributed by atoms with Gasteiger partial charge in [0.2, 0.25) is 0 Å². The van der Waals surface area contributed by atoms with Crippen molar-refractivity contribution in [1.29, 1.82) is 0 Å². The van der Waals surface area contributed by atoms with Gasteiger partial charge in [0.15, 0.2) is 0 Å². The average Bonchev–Trinajstić information content (AvgIpc) is 2.74. The average molecular weight is 363 g/mol. The minimum Gasteiger partial charge on any atom is -0.225 e. The van der Waals surface area contributed by atoms with Crippen LogP contribution in [0.3, 0.4) is 0 Å². The molecule has 1 aromatic carbocycles. The largest absolute Gasteiger partial charge is 0.225 e. The molecule has 0 aliphatic carbocycles. The number of hydrogen-bond acceptors (Lipinski definition) is 3. The van der Waals surface area contributed by atoms with Crippen LogP contribution < -0.4 is 0 Å². The van der Waals surface area contributed by atoms with Crippen LogP contribution in [-0.4, -0.2) is 9.97 Å². The molecule has 2 heterocycles. The first kappa shape index (κ1) is 15.1. The third-order valence-electron chi connectivity index (χ3n) is 2.90. The van der Waals surface area contributed by atoms with Crippen molar-refractivity contribution in [1.82, 2.24) is 9.97 Å². The van der Waals surface area contributed by atoms with Crippen LogP contribution in [0.2, 0.25) is 5.15 Å². The third kappa shape index (κ3) is 2.75. The molecule has 0 bridgehead atoms. The molecule has 0 N–H and O–H groups in total. The summed E-state index contributed by atoms with van der Waals surface area (Å²) in [7, 11) is 0. The Balaban J connectivity index is 0.00000133. The summed E-state index contributed by atoms with van der Waals surface area (Å²) in [4.78, 5) is 9.23. The first-order chi connectivity index (χ1) is 8.66. The molecule has 0 atom stereocenters. The first-order valence-corrected chi connectivity index (χ1v) is 6.80. The predicted octanol–water partition coefficient (Wildman–Crippen LogP) is 4.43. The monoisotopic (exact) mass is 362 g/mol. The zero-order valence-electron chi connectivity index (χ0n) is 10.6. The second-order valence-electron chi connectivity index (χ2n) is 4.17. The van der Waals surface area contributed by atoms with Crippen LogP contribution in [0.5, 0.6) is 0 Å². The summed E-state index contributed by atoms with van der Waals surface area (Å²) in [5.74, 6) is 0. The number of aromatic nitrogens is 2. The molecular formula is C14H10ClN2SY-. The molecule has 0 fully saturated rings. The normalized spacial score (nSPS) is 10.5. The maximum Gasteiger partial charge on any atom is 0.140 e. The van der Waals surface area contributed by atoms with Crippen molar-refractivity contribution in [2.45, 2.75) is 13.8 Å². The number of benzene rings is 1. The smallest absolute Gasteiger partial charge is 0.140 e. The summed E-state index contributed by atoms with van der Waals surface area (Å²) in [5, 5.41) is 3.53. The summed E-state index contributed by atoms with van der Waals surface area (Å²) in [5.41, 5.74) is 4.49. The molecule has 0 saturated heterocycles. The molecule has 0 aliphatic heterocycles. The fourth-order valence-corrected chi connectivity index (χ4v) is 3.26. The molecule has 1 radical (unpaired) electrons. The number of thiophene rings is 1. The maximum atomic E-state index is 6.18. The molecule has 2 aromatic heterocycles. The van der Waals surface area contributed by atoms with E-state index in [2.05, 4.69) is 40.5 Å². The summed E-state index contributed by atoms with van der Waals surface area (Å²) >= 11 is 7.77. The van der Waals surface area contributed by atoms with Crippen LogP contribution in [0.1, 0.15) is 11.1 Å². The molecule has 93 valence electrons. The standard InChI is InChI=1S/C14H10ClN2S.Y/c1-8-3-4-10(9(2)5-8)11-6-18-14-12(11)13(15)16-7-17-14;/h3-4,6-7H,1-2H3;/q-1;. The van der Waals surface area contributed by atoms with E-state index in [1.165, 1.54) is 6.33 Å². The topological polar surface area (TPSA) is 25.8 Å². The minimum absolute atomic E-state index is 0. The molecule has 19 heavy (non-hydrogen) atoms. The van der Waals surface area contributed by atoms with Crippen molar-refractivity contribution in [3.05, 3.63) is 46.2 Å². The van der Waals surface area contributed by atoms with E-state index in [1.807, 2.05) is 6.92 Å². The van der Waals surface area contributed by atoms with Gasteiger partial charge in [0.05, 0.1) is 0 Å². The number of halogens is 1. The van der Waals surface area contributed by atoms with E-state index >= 15 is 0 Å². The van der Waals surface area contributed by atoms with Crippen molar-refractivity contribution in [3.8, 4) is 11.1 Å². The van der Waals surface area contributed by atoms with Gasteiger partial charge in [-0.25, -0.2) is 9.97 Å². The van der Waals surface area contributed by atoms with Gasteiger partial charge in [0, 0.05) is 38.1 Å². The molecule has 0 aliphatic rings. The van der Waals surface area contributed by atoms with E-state index in [-0.39, 0.29) is 32.7 Å². The summed E-state index contributed by atoms with van der Waals surface area (Å²) in [6.07, 6.45) is 1.50. The number of aryl methyl sites for hydroxylation is 2. The SMILES string of the molecule is Cc1[c-]c(C)c(-c2csc3ncnc(Cl)c23)cc1.[Y]. The van der Waals surface area contributed by atoms with E-state index in [0.717, 1.165) is 32.5 Å². The van der Waals surface area contributed by atoms with Gasteiger partial charge in [-0.3, -0.25) is 0 Å². The van der Waals surface area contributed by atoms with Crippen LogP contribution in [0, 0.1) is 19.9 Å². The Bertz CT molecular complexity index is 739. The second kappa shape index (κ2) is 5.96. The van der Waals surface area contributed by atoms with E-state index in [1.54, 1.807) is 11.3 Å². The van der Waals surface area contributed by atoms with Gasteiger partial charge >= 0.3 is 0 Å². The van der Waals surface area contributed by atoms with Gasteiger partial charge in [-0.15, -0.1) is 16.9 Å². The Labute approximate surface area is 146 Å². The quantitative estimate of drug-likeness (QED) is 0.473. The van der Waals surface area contributed by atoms with E-state index in [0.29, 0.717) is 5.15 Å². The second-order valence-corrected chi connectivity index (χ2v) is 5.39. The van der Waals surface area contributed by atoms with Gasteiger partial charge < -0.3 is 0 Å². The molecule has 3 aromatic rings. The predicted molar refractivity (Wildman–Crippen MR) is 76.2 cm³/mol. The Morgan fingerprint density at radius 2 is 1.95 bits per heavy atom. The van der Waals surface area contributed by atoms with Crippen molar-refractivity contribution in [3.63, 3.8) is 0 Å². The molecule has 0 saturated carbocycles. The van der Waals surface area contributed by atoms with Gasteiger partial charge in [-0.1, -0.05) is 31.0 Å². The molecule has 0 spiro atoms. The number of fused-ring (bicyclic) bond motifs is 1. The van der Waals surface area contributed by atoms with Crippen LogP contribution in [0.25, 0.3) is 21.3 Å². The minimum atomic E-state index is 0. The Kier molecular flexibility index (Phi) is 4.72. The first-order valence-electron chi connectivity index (χ1n) is 5.54. The number of rotatable bonds is 1. The molecule has 0 unspecified atom stereocenters.